The van der Waals surface area contributed by atoms with Crippen LogP contribution in [-0.4, -0.2) is 20.9 Å². The van der Waals surface area contributed by atoms with Gasteiger partial charge in [-0.2, -0.15) is 0 Å². The molecule has 0 fully saturated rings. The van der Waals surface area contributed by atoms with Gasteiger partial charge in [0.05, 0.1) is 21.6 Å². The van der Waals surface area contributed by atoms with Crippen LogP contribution in [0, 0.1) is 0 Å². The Morgan fingerprint density at radius 1 is 0.771 bits per heavy atom. The molecule has 0 aromatic heterocycles. The minimum absolute atomic E-state index is 0.0338. The maximum atomic E-state index is 13.6. The monoisotopic (exact) mass is 524 g/mol. The first-order chi connectivity index (χ1) is 16.9. The fraction of sp³-hybridized carbons (Fsp3) is 0.0741. The zero-order valence-corrected chi connectivity index (χ0v) is 20.8. The lowest BCUT2D eigenvalue weighted by atomic mass is 9.99. The number of carbonyl (C=O) groups excluding carboxylic acids is 1. The molecule has 0 aliphatic heterocycles. The third-order valence-corrected chi connectivity index (χ3v) is 7.70. The van der Waals surface area contributed by atoms with Crippen LogP contribution >= 0.6 is 23.2 Å². The number of hydrogen-bond donors (Lipinski definition) is 1. The summed E-state index contributed by atoms with van der Waals surface area (Å²) in [6, 6.07) is 30.9. The smallest absolute Gasteiger partial charge is 0.264 e. The van der Waals surface area contributed by atoms with E-state index in [1.807, 2.05) is 60.7 Å². The lowest BCUT2D eigenvalue weighted by Gasteiger charge is -2.27. The number of anilines is 1. The number of sulfonamides is 1. The molecule has 0 aliphatic carbocycles. The first kappa shape index (κ1) is 24.8. The Labute approximate surface area is 215 Å². The molecule has 35 heavy (non-hydrogen) atoms. The summed E-state index contributed by atoms with van der Waals surface area (Å²) < 4.78 is 28.2. The first-order valence-electron chi connectivity index (χ1n) is 10.8. The number of nitrogens with one attached hydrogen (secondary N) is 1. The van der Waals surface area contributed by atoms with Crippen LogP contribution in [0.15, 0.2) is 114 Å². The lowest BCUT2D eigenvalue weighted by molar-refractivity contribution is -0.120. The highest BCUT2D eigenvalue weighted by Gasteiger charge is 2.30. The van der Waals surface area contributed by atoms with Crippen LogP contribution in [0.4, 0.5) is 5.69 Å². The third kappa shape index (κ3) is 5.85. The third-order valence-electron chi connectivity index (χ3n) is 5.37. The van der Waals surface area contributed by atoms with Crippen LogP contribution in [0.2, 0.25) is 10.0 Å². The van der Waals surface area contributed by atoms with E-state index in [2.05, 4.69) is 5.32 Å². The Morgan fingerprint density at radius 3 is 1.83 bits per heavy atom. The van der Waals surface area contributed by atoms with Crippen molar-refractivity contribution in [1.29, 1.82) is 0 Å². The zero-order valence-electron chi connectivity index (χ0n) is 18.5. The topological polar surface area (TPSA) is 66.5 Å². The van der Waals surface area contributed by atoms with Crippen LogP contribution in [0.5, 0.6) is 0 Å². The van der Waals surface area contributed by atoms with Gasteiger partial charge in [-0.15, -0.1) is 0 Å². The van der Waals surface area contributed by atoms with Gasteiger partial charge in [-0.05, 0) is 41.5 Å². The Morgan fingerprint density at radius 2 is 1.29 bits per heavy atom. The highest BCUT2D eigenvalue weighted by Crippen LogP contribution is 2.33. The summed E-state index contributed by atoms with van der Waals surface area (Å²) in [5.41, 5.74) is 1.85. The fourth-order valence-electron chi connectivity index (χ4n) is 3.68. The number of rotatable bonds is 8. The summed E-state index contributed by atoms with van der Waals surface area (Å²) in [5.74, 6) is -0.502. The van der Waals surface area contributed by atoms with Gasteiger partial charge in [0.15, 0.2) is 0 Å². The first-order valence-corrected chi connectivity index (χ1v) is 13.0. The van der Waals surface area contributed by atoms with Gasteiger partial charge in [-0.25, -0.2) is 8.42 Å². The number of nitrogens with zero attached hydrogens (tertiary/aromatic N) is 1. The molecule has 1 amide bonds. The van der Waals surface area contributed by atoms with Crippen LogP contribution in [0.3, 0.4) is 0 Å². The van der Waals surface area contributed by atoms with Gasteiger partial charge in [0, 0.05) is 5.02 Å². The number of hydrogen-bond acceptors (Lipinski definition) is 3. The molecule has 0 unspecified atom stereocenters. The molecule has 1 N–H and O–H groups in total. The Bertz CT molecular complexity index is 1360. The molecular weight excluding hydrogens is 503 g/mol. The summed E-state index contributed by atoms with van der Waals surface area (Å²) in [6.07, 6.45) is 0. The van der Waals surface area contributed by atoms with E-state index in [4.69, 9.17) is 23.2 Å². The van der Waals surface area contributed by atoms with E-state index in [-0.39, 0.29) is 15.6 Å². The molecule has 4 aromatic carbocycles. The standard InChI is InChI=1S/C27H22Cl2N2O3S/c28-22-16-17-24(29)25(18-22)31(35(33,34)23-14-8-3-9-15-23)19-26(32)30-27(20-10-4-1-5-11-20)21-12-6-2-7-13-21/h1-18,27H,19H2,(H,30,32). The SMILES string of the molecule is O=C(CN(c1cc(Cl)ccc1Cl)S(=O)(=O)c1ccccc1)NC(c1ccccc1)c1ccccc1. The average molecular weight is 525 g/mol. The molecule has 4 rings (SSSR count). The van der Waals surface area contributed by atoms with E-state index in [1.165, 1.54) is 24.3 Å². The molecule has 0 aliphatic rings. The molecule has 0 atom stereocenters. The molecule has 0 spiro atoms. The highest BCUT2D eigenvalue weighted by atomic mass is 35.5. The minimum Gasteiger partial charge on any atom is -0.344 e. The molecule has 178 valence electrons. The van der Waals surface area contributed by atoms with Crippen LogP contribution in [0.1, 0.15) is 17.2 Å². The van der Waals surface area contributed by atoms with Crippen LogP contribution in [-0.2, 0) is 14.8 Å². The van der Waals surface area contributed by atoms with Crippen molar-refractivity contribution < 1.29 is 13.2 Å². The molecule has 0 radical (unpaired) electrons. The molecule has 0 heterocycles. The lowest BCUT2D eigenvalue weighted by Crippen LogP contribution is -2.42. The molecule has 0 bridgehead atoms. The van der Waals surface area contributed by atoms with Gasteiger partial charge >= 0.3 is 0 Å². The molecule has 0 saturated carbocycles. The number of halogens is 2. The molecule has 0 saturated heterocycles. The van der Waals surface area contributed by atoms with Crippen molar-refractivity contribution in [2.24, 2.45) is 0 Å². The van der Waals surface area contributed by atoms with Crippen LogP contribution in [0.25, 0.3) is 0 Å². The predicted octanol–water partition coefficient (Wildman–Crippen LogP) is 6.09. The van der Waals surface area contributed by atoms with Crippen molar-refractivity contribution in [1.82, 2.24) is 5.32 Å². The Kier molecular flexibility index (Phi) is 7.76. The maximum absolute atomic E-state index is 13.6. The van der Waals surface area contributed by atoms with Crippen molar-refractivity contribution in [2.75, 3.05) is 10.8 Å². The van der Waals surface area contributed by atoms with Crippen molar-refractivity contribution >= 4 is 44.8 Å². The van der Waals surface area contributed by atoms with Gasteiger partial charge in [0.2, 0.25) is 5.91 Å². The second kappa shape index (κ2) is 11.0. The van der Waals surface area contributed by atoms with Gasteiger partial charge in [0.1, 0.15) is 6.54 Å². The van der Waals surface area contributed by atoms with Gasteiger partial charge in [-0.1, -0.05) is 102 Å². The summed E-state index contributed by atoms with van der Waals surface area (Å²) in [6.45, 7) is -0.493. The van der Waals surface area contributed by atoms with Gasteiger partial charge < -0.3 is 5.32 Å². The van der Waals surface area contributed by atoms with E-state index >= 15 is 0 Å². The number of carbonyl (C=O) groups is 1. The largest absolute Gasteiger partial charge is 0.344 e. The highest BCUT2D eigenvalue weighted by molar-refractivity contribution is 7.92. The maximum Gasteiger partial charge on any atom is 0.264 e. The minimum atomic E-state index is -4.12. The Balaban J connectivity index is 1.71. The summed E-state index contributed by atoms with van der Waals surface area (Å²) in [7, 11) is -4.12. The van der Waals surface area contributed by atoms with Gasteiger partial charge in [0.25, 0.3) is 10.0 Å². The molecule has 5 nitrogen and oxygen atoms in total. The summed E-state index contributed by atoms with van der Waals surface area (Å²) in [5, 5.41) is 3.44. The number of amides is 1. The van der Waals surface area contributed by atoms with E-state index in [0.29, 0.717) is 5.02 Å². The second-order valence-electron chi connectivity index (χ2n) is 7.74. The summed E-state index contributed by atoms with van der Waals surface area (Å²) in [4.78, 5) is 13.4. The van der Waals surface area contributed by atoms with E-state index in [9.17, 15) is 13.2 Å². The van der Waals surface area contributed by atoms with Crippen molar-refractivity contribution in [3.05, 3.63) is 130 Å². The molecule has 4 aromatic rings. The van der Waals surface area contributed by atoms with Crippen molar-refractivity contribution in [2.45, 2.75) is 10.9 Å². The normalized spacial score (nSPS) is 11.3. The van der Waals surface area contributed by atoms with Gasteiger partial charge in [-0.3, -0.25) is 9.10 Å². The molecule has 8 heteroatoms. The zero-order chi connectivity index (χ0) is 24.8. The van der Waals surface area contributed by atoms with E-state index < -0.39 is 28.5 Å². The van der Waals surface area contributed by atoms with E-state index in [1.54, 1.807) is 24.3 Å². The quantitative estimate of drug-likeness (QED) is 0.303. The van der Waals surface area contributed by atoms with E-state index in [0.717, 1.165) is 15.4 Å². The molecular formula is C27H22Cl2N2O3S. The Hall–Kier alpha value is -3.32. The van der Waals surface area contributed by atoms with Crippen molar-refractivity contribution in [3.8, 4) is 0 Å². The average Bonchev–Trinajstić information content (AvgIpc) is 2.89. The number of benzene rings is 4. The second-order valence-corrected chi connectivity index (χ2v) is 10.4. The summed E-state index contributed by atoms with van der Waals surface area (Å²) >= 11 is 12.5. The fourth-order valence-corrected chi connectivity index (χ4v) is 5.57. The van der Waals surface area contributed by atoms with Crippen molar-refractivity contribution in [3.63, 3.8) is 0 Å². The van der Waals surface area contributed by atoms with Crippen LogP contribution < -0.4 is 9.62 Å². The predicted molar refractivity (Wildman–Crippen MR) is 140 cm³/mol.